The van der Waals surface area contributed by atoms with Gasteiger partial charge in [0.15, 0.2) is 6.61 Å². The highest BCUT2D eigenvalue weighted by molar-refractivity contribution is 14.1. The second-order valence-electron chi connectivity index (χ2n) is 4.39. The summed E-state index contributed by atoms with van der Waals surface area (Å²) in [6.45, 7) is -0.0693. The van der Waals surface area contributed by atoms with Crippen LogP contribution in [0.15, 0.2) is 42.5 Å². The van der Waals surface area contributed by atoms with Gasteiger partial charge < -0.3 is 19.5 Å². The first kappa shape index (κ1) is 16.4. The molecule has 1 amide bonds. The maximum atomic E-state index is 11.9. The highest BCUT2D eigenvalue weighted by Gasteiger charge is 2.07. The molecule has 22 heavy (non-hydrogen) atoms. The molecule has 0 unspecified atom stereocenters. The first-order valence-electron chi connectivity index (χ1n) is 6.52. The van der Waals surface area contributed by atoms with Crippen molar-refractivity contribution in [2.75, 3.05) is 26.1 Å². The lowest BCUT2D eigenvalue weighted by Gasteiger charge is -2.10. The summed E-state index contributed by atoms with van der Waals surface area (Å²) in [5.74, 6) is 1.61. The molecule has 2 aromatic rings. The number of ether oxygens (including phenoxy) is 3. The van der Waals surface area contributed by atoms with E-state index in [1.807, 2.05) is 24.3 Å². The lowest BCUT2D eigenvalue weighted by Crippen LogP contribution is -2.20. The number of benzene rings is 2. The van der Waals surface area contributed by atoms with E-state index in [1.165, 1.54) is 0 Å². The molecule has 0 saturated heterocycles. The van der Waals surface area contributed by atoms with Crippen LogP contribution in [0.25, 0.3) is 0 Å². The number of nitrogens with one attached hydrogen (secondary N) is 1. The largest absolute Gasteiger partial charge is 0.497 e. The maximum absolute atomic E-state index is 11.9. The van der Waals surface area contributed by atoms with Gasteiger partial charge in [-0.25, -0.2) is 0 Å². The Morgan fingerprint density at radius 3 is 2.14 bits per heavy atom. The van der Waals surface area contributed by atoms with Crippen LogP contribution < -0.4 is 19.5 Å². The van der Waals surface area contributed by atoms with E-state index in [-0.39, 0.29) is 12.5 Å². The molecule has 6 heteroatoms. The number of hydrogen-bond acceptors (Lipinski definition) is 4. The monoisotopic (exact) mass is 413 g/mol. The molecule has 1 N–H and O–H groups in total. The molecule has 0 atom stereocenters. The summed E-state index contributed by atoms with van der Waals surface area (Å²) in [6.07, 6.45) is 0. The minimum absolute atomic E-state index is 0.0693. The van der Waals surface area contributed by atoms with Crippen molar-refractivity contribution in [2.24, 2.45) is 0 Å². The average Bonchev–Trinajstić information content (AvgIpc) is 2.54. The zero-order chi connectivity index (χ0) is 15.9. The lowest BCUT2D eigenvalue weighted by atomic mass is 10.2. The molecule has 116 valence electrons. The molecule has 0 aliphatic carbocycles. The summed E-state index contributed by atoms with van der Waals surface area (Å²) in [4.78, 5) is 11.9. The Labute approximate surface area is 142 Å². The van der Waals surface area contributed by atoms with E-state index in [4.69, 9.17) is 14.2 Å². The quantitative estimate of drug-likeness (QED) is 0.739. The SMILES string of the molecule is COc1cc(NC(=O)COc2ccc(I)cc2)cc(OC)c1. The third-order valence-corrected chi connectivity index (χ3v) is 3.54. The zero-order valence-electron chi connectivity index (χ0n) is 12.3. The van der Waals surface area contributed by atoms with E-state index in [0.717, 1.165) is 3.57 Å². The summed E-state index contributed by atoms with van der Waals surface area (Å²) >= 11 is 2.21. The fraction of sp³-hybridized carbons (Fsp3) is 0.188. The van der Waals surface area contributed by atoms with Crippen LogP contribution in [0.1, 0.15) is 0 Å². The van der Waals surface area contributed by atoms with Gasteiger partial charge in [-0.1, -0.05) is 0 Å². The Balaban J connectivity index is 1.95. The lowest BCUT2D eigenvalue weighted by molar-refractivity contribution is -0.118. The average molecular weight is 413 g/mol. The summed E-state index contributed by atoms with van der Waals surface area (Å²) in [5, 5.41) is 2.75. The molecule has 2 aromatic carbocycles. The number of hydrogen-bond donors (Lipinski definition) is 1. The predicted octanol–water partition coefficient (Wildman–Crippen LogP) is 3.33. The van der Waals surface area contributed by atoms with Gasteiger partial charge in [-0.15, -0.1) is 0 Å². The maximum Gasteiger partial charge on any atom is 0.262 e. The zero-order valence-corrected chi connectivity index (χ0v) is 14.4. The van der Waals surface area contributed by atoms with Crippen LogP contribution in [-0.2, 0) is 4.79 Å². The fourth-order valence-corrected chi connectivity index (χ4v) is 2.12. The van der Waals surface area contributed by atoms with Gasteiger partial charge in [-0.3, -0.25) is 4.79 Å². The van der Waals surface area contributed by atoms with E-state index < -0.39 is 0 Å². The first-order valence-corrected chi connectivity index (χ1v) is 7.60. The number of carbonyl (C=O) groups excluding carboxylic acids is 1. The van der Waals surface area contributed by atoms with Crippen molar-refractivity contribution in [2.45, 2.75) is 0 Å². The van der Waals surface area contributed by atoms with Gasteiger partial charge in [-0.05, 0) is 46.9 Å². The number of amides is 1. The highest BCUT2D eigenvalue weighted by Crippen LogP contribution is 2.25. The van der Waals surface area contributed by atoms with Gasteiger partial charge in [0.2, 0.25) is 0 Å². The van der Waals surface area contributed by atoms with Crippen molar-refractivity contribution in [3.63, 3.8) is 0 Å². The van der Waals surface area contributed by atoms with E-state index >= 15 is 0 Å². The molecule has 0 aliphatic heterocycles. The Morgan fingerprint density at radius 1 is 1.00 bits per heavy atom. The number of methoxy groups -OCH3 is 2. The van der Waals surface area contributed by atoms with Crippen molar-refractivity contribution in [3.8, 4) is 17.2 Å². The van der Waals surface area contributed by atoms with Gasteiger partial charge in [0.05, 0.1) is 14.2 Å². The minimum Gasteiger partial charge on any atom is -0.497 e. The van der Waals surface area contributed by atoms with Crippen LogP contribution in [0.5, 0.6) is 17.2 Å². The van der Waals surface area contributed by atoms with Crippen LogP contribution in [0, 0.1) is 3.57 Å². The van der Waals surface area contributed by atoms with Crippen molar-refractivity contribution < 1.29 is 19.0 Å². The topological polar surface area (TPSA) is 56.8 Å². The molecule has 0 aliphatic rings. The van der Waals surface area contributed by atoms with Crippen LogP contribution in [0.2, 0.25) is 0 Å². The van der Waals surface area contributed by atoms with Crippen molar-refractivity contribution in [3.05, 3.63) is 46.0 Å². The summed E-state index contributed by atoms with van der Waals surface area (Å²) in [5.41, 5.74) is 0.590. The molecule has 0 saturated carbocycles. The van der Waals surface area contributed by atoms with E-state index in [1.54, 1.807) is 32.4 Å². The molecular formula is C16H16INO4. The van der Waals surface area contributed by atoms with Crippen LogP contribution >= 0.6 is 22.6 Å². The molecule has 5 nitrogen and oxygen atoms in total. The van der Waals surface area contributed by atoms with Crippen molar-refractivity contribution >= 4 is 34.2 Å². The number of carbonyl (C=O) groups is 1. The van der Waals surface area contributed by atoms with Crippen molar-refractivity contribution in [1.82, 2.24) is 0 Å². The Kier molecular flexibility index (Phi) is 5.88. The molecule has 0 spiro atoms. The minimum atomic E-state index is -0.256. The van der Waals surface area contributed by atoms with Gasteiger partial charge in [0, 0.05) is 27.5 Å². The Morgan fingerprint density at radius 2 is 1.59 bits per heavy atom. The molecule has 2 rings (SSSR count). The van der Waals surface area contributed by atoms with Gasteiger partial charge in [0.25, 0.3) is 5.91 Å². The highest BCUT2D eigenvalue weighted by atomic mass is 127. The van der Waals surface area contributed by atoms with E-state index in [2.05, 4.69) is 27.9 Å². The fourth-order valence-electron chi connectivity index (χ4n) is 1.76. The molecule has 0 radical (unpaired) electrons. The van der Waals surface area contributed by atoms with Crippen LogP contribution in [0.3, 0.4) is 0 Å². The molecule has 0 fully saturated rings. The molecule has 0 bridgehead atoms. The predicted molar refractivity (Wildman–Crippen MR) is 92.8 cm³/mol. The smallest absolute Gasteiger partial charge is 0.262 e. The van der Waals surface area contributed by atoms with Crippen LogP contribution in [-0.4, -0.2) is 26.7 Å². The number of halogens is 1. The second-order valence-corrected chi connectivity index (χ2v) is 5.64. The molecule has 0 heterocycles. The first-order chi connectivity index (χ1) is 10.6. The third kappa shape index (κ3) is 4.80. The van der Waals surface area contributed by atoms with Gasteiger partial charge >= 0.3 is 0 Å². The molecule has 0 aromatic heterocycles. The summed E-state index contributed by atoms with van der Waals surface area (Å²) in [6, 6.07) is 12.6. The second kappa shape index (κ2) is 7.88. The standard InChI is InChI=1S/C16H16INO4/c1-20-14-7-12(8-15(9-14)21-2)18-16(19)10-22-13-5-3-11(17)4-6-13/h3-9H,10H2,1-2H3,(H,18,19). The van der Waals surface area contributed by atoms with E-state index in [0.29, 0.717) is 22.9 Å². The van der Waals surface area contributed by atoms with Gasteiger partial charge in [-0.2, -0.15) is 0 Å². The molecular weight excluding hydrogens is 397 g/mol. The van der Waals surface area contributed by atoms with Crippen molar-refractivity contribution in [1.29, 1.82) is 0 Å². The third-order valence-electron chi connectivity index (χ3n) is 2.82. The summed E-state index contributed by atoms with van der Waals surface area (Å²) < 4.78 is 16.9. The Bertz CT molecular complexity index is 621. The summed E-state index contributed by atoms with van der Waals surface area (Å²) in [7, 11) is 3.11. The number of rotatable bonds is 6. The normalized spacial score (nSPS) is 9.95. The Hall–Kier alpha value is -1.96. The van der Waals surface area contributed by atoms with E-state index in [9.17, 15) is 4.79 Å². The number of anilines is 1. The van der Waals surface area contributed by atoms with Crippen LogP contribution in [0.4, 0.5) is 5.69 Å². The van der Waals surface area contributed by atoms with Gasteiger partial charge in [0.1, 0.15) is 17.2 Å².